The Balaban J connectivity index is 1.49. The van der Waals surface area contributed by atoms with E-state index < -0.39 is 5.97 Å². The minimum absolute atomic E-state index is 0.223. The van der Waals surface area contributed by atoms with Gasteiger partial charge in [-0.1, -0.05) is 30.3 Å². The number of pyridine rings is 1. The van der Waals surface area contributed by atoms with Crippen LogP contribution in [0.25, 0.3) is 10.8 Å². The van der Waals surface area contributed by atoms with E-state index >= 15 is 0 Å². The number of ether oxygens (including phenoxy) is 1. The second-order valence-electron chi connectivity index (χ2n) is 5.36. The lowest BCUT2D eigenvalue weighted by molar-refractivity contribution is 0.0698. The molecule has 5 nitrogen and oxygen atoms in total. The van der Waals surface area contributed by atoms with Gasteiger partial charge in [-0.15, -0.1) is 0 Å². The zero-order valence-corrected chi connectivity index (χ0v) is 13.1. The lowest BCUT2D eigenvalue weighted by Gasteiger charge is -2.10. The predicted molar refractivity (Wildman–Crippen MR) is 93.7 cm³/mol. The van der Waals surface area contributed by atoms with Crippen molar-refractivity contribution in [3.63, 3.8) is 0 Å². The molecule has 0 bridgehead atoms. The minimum Gasteiger partial charge on any atom is -0.494 e. The Morgan fingerprint density at radius 2 is 1.96 bits per heavy atom. The highest BCUT2D eigenvalue weighted by molar-refractivity contribution is 5.93. The number of anilines is 1. The number of aromatic carboxylic acids is 1. The van der Waals surface area contributed by atoms with Crippen LogP contribution in [0.15, 0.2) is 60.9 Å². The van der Waals surface area contributed by atoms with Crippen LogP contribution in [0.4, 0.5) is 5.69 Å². The maximum Gasteiger partial charge on any atom is 0.337 e. The average molecular weight is 322 g/mol. The molecule has 2 aromatic carbocycles. The summed E-state index contributed by atoms with van der Waals surface area (Å²) in [6.07, 6.45) is 3.74. The van der Waals surface area contributed by atoms with Gasteiger partial charge >= 0.3 is 5.97 Å². The molecule has 0 aliphatic heterocycles. The van der Waals surface area contributed by atoms with Gasteiger partial charge < -0.3 is 15.2 Å². The maximum atomic E-state index is 11.1. The fraction of sp³-hybridized carbons (Fsp3) is 0.158. The molecule has 2 N–H and O–H groups in total. The van der Waals surface area contributed by atoms with Gasteiger partial charge in [0, 0.05) is 12.7 Å². The standard InChI is InChI=1S/C19H18N2O3/c22-19(23)17-8-10-20-13-18(17)21-9-3-11-24-16-7-6-14-4-1-2-5-15(14)12-16/h1-2,4-8,10,12-13,21H,3,9,11H2,(H,22,23). The molecule has 1 aromatic heterocycles. The Morgan fingerprint density at radius 3 is 2.79 bits per heavy atom. The number of rotatable bonds is 7. The summed E-state index contributed by atoms with van der Waals surface area (Å²) >= 11 is 0. The minimum atomic E-state index is -0.965. The largest absolute Gasteiger partial charge is 0.494 e. The van der Waals surface area contributed by atoms with Crippen molar-refractivity contribution < 1.29 is 14.6 Å². The van der Waals surface area contributed by atoms with Crippen molar-refractivity contribution in [1.29, 1.82) is 0 Å². The van der Waals surface area contributed by atoms with Crippen molar-refractivity contribution in [1.82, 2.24) is 4.98 Å². The second-order valence-corrected chi connectivity index (χ2v) is 5.36. The van der Waals surface area contributed by atoms with Gasteiger partial charge in [-0.3, -0.25) is 4.98 Å². The number of carbonyl (C=O) groups is 1. The van der Waals surface area contributed by atoms with E-state index in [9.17, 15) is 4.79 Å². The number of benzene rings is 2. The summed E-state index contributed by atoms with van der Waals surface area (Å²) in [4.78, 5) is 15.1. The van der Waals surface area contributed by atoms with Gasteiger partial charge in [-0.2, -0.15) is 0 Å². The zero-order valence-electron chi connectivity index (χ0n) is 13.1. The molecule has 0 saturated heterocycles. The number of nitrogens with one attached hydrogen (secondary N) is 1. The topological polar surface area (TPSA) is 71.5 Å². The number of hydrogen-bond donors (Lipinski definition) is 2. The highest BCUT2D eigenvalue weighted by atomic mass is 16.5. The number of nitrogens with zero attached hydrogens (tertiary/aromatic N) is 1. The van der Waals surface area contributed by atoms with Gasteiger partial charge in [-0.05, 0) is 35.4 Å². The molecule has 122 valence electrons. The zero-order chi connectivity index (χ0) is 16.8. The summed E-state index contributed by atoms with van der Waals surface area (Å²) in [7, 11) is 0. The Hall–Kier alpha value is -3.08. The Labute approximate surface area is 139 Å². The van der Waals surface area contributed by atoms with E-state index in [2.05, 4.69) is 22.4 Å². The molecule has 0 amide bonds. The normalized spacial score (nSPS) is 10.5. The fourth-order valence-corrected chi connectivity index (χ4v) is 2.46. The quantitative estimate of drug-likeness (QED) is 0.647. The van der Waals surface area contributed by atoms with Gasteiger partial charge in [0.2, 0.25) is 0 Å². The Bertz CT molecular complexity index is 849. The smallest absolute Gasteiger partial charge is 0.337 e. The van der Waals surface area contributed by atoms with Crippen LogP contribution in [0.5, 0.6) is 5.75 Å². The molecule has 0 aliphatic rings. The summed E-state index contributed by atoms with van der Waals surface area (Å²) in [6.45, 7) is 1.16. The van der Waals surface area contributed by atoms with E-state index in [0.29, 0.717) is 18.8 Å². The highest BCUT2D eigenvalue weighted by Crippen LogP contribution is 2.20. The van der Waals surface area contributed by atoms with Crippen LogP contribution in [-0.4, -0.2) is 29.2 Å². The van der Waals surface area contributed by atoms with Crippen molar-refractivity contribution in [2.45, 2.75) is 6.42 Å². The van der Waals surface area contributed by atoms with Crippen molar-refractivity contribution in [2.75, 3.05) is 18.5 Å². The van der Waals surface area contributed by atoms with Gasteiger partial charge in [0.1, 0.15) is 5.75 Å². The second kappa shape index (κ2) is 7.46. The number of carboxylic acids is 1. The van der Waals surface area contributed by atoms with E-state index in [4.69, 9.17) is 9.84 Å². The molecule has 0 radical (unpaired) electrons. The van der Waals surface area contributed by atoms with E-state index in [-0.39, 0.29) is 5.56 Å². The first-order valence-corrected chi connectivity index (χ1v) is 7.77. The molecule has 0 saturated carbocycles. The Kier molecular flexibility index (Phi) is 4.91. The van der Waals surface area contributed by atoms with Crippen LogP contribution in [0.3, 0.4) is 0 Å². The third-order valence-corrected chi connectivity index (χ3v) is 3.68. The monoisotopic (exact) mass is 322 g/mol. The number of carboxylic acid groups (broad SMARTS) is 1. The van der Waals surface area contributed by atoms with E-state index in [1.54, 1.807) is 0 Å². The van der Waals surface area contributed by atoms with Crippen molar-refractivity contribution in [3.8, 4) is 5.75 Å². The molecule has 0 atom stereocenters. The van der Waals surface area contributed by atoms with Crippen molar-refractivity contribution in [3.05, 3.63) is 66.5 Å². The molecule has 1 heterocycles. The van der Waals surface area contributed by atoms with Crippen molar-refractivity contribution >= 4 is 22.4 Å². The molecule has 5 heteroatoms. The maximum absolute atomic E-state index is 11.1. The van der Waals surface area contributed by atoms with Crippen LogP contribution in [0.1, 0.15) is 16.8 Å². The van der Waals surface area contributed by atoms with Crippen LogP contribution in [-0.2, 0) is 0 Å². The molecule has 3 rings (SSSR count). The van der Waals surface area contributed by atoms with Crippen LogP contribution < -0.4 is 10.1 Å². The summed E-state index contributed by atoms with van der Waals surface area (Å²) in [5.41, 5.74) is 0.746. The van der Waals surface area contributed by atoms with Gasteiger partial charge in [0.05, 0.1) is 24.1 Å². The Morgan fingerprint density at radius 1 is 1.12 bits per heavy atom. The van der Waals surface area contributed by atoms with E-state index in [1.807, 2.05) is 30.3 Å². The van der Waals surface area contributed by atoms with Gasteiger partial charge in [0.15, 0.2) is 0 Å². The first-order valence-electron chi connectivity index (χ1n) is 7.77. The lowest BCUT2D eigenvalue weighted by Crippen LogP contribution is -2.10. The molecule has 0 unspecified atom stereocenters. The molecular formula is C19H18N2O3. The molecule has 3 aromatic rings. The third-order valence-electron chi connectivity index (χ3n) is 3.68. The van der Waals surface area contributed by atoms with Crippen LogP contribution in [0, 0.1) is 0 Å². The first kappa shape index (κ1) is 15.8. The first-order chi connectivity index (χ1) is 11.7. The summed E-state index contributed by atoms with van der Waals surface area (Å²) in [6, 6.07) is 15.6. The molecule has 24 heavy (non-hydrogen) atoms. The number of aromatic nitrogens is 1. The van der Waals surface area contributed by atoms with Crippen LogP contribution >= 0.6 is 0 Å². The lowest BCUT2D eigenvalue weighted by atomic mass is 10.1. The molecule has 0 aliphatic carbocycles. The number of hydrogen-bond acceptors (Lipinski definition) is 4. The average Bonchev–Trinajstić information content (AvgIpc) is 2.61. The number of fused-ring (bicyclic) bond motifs is 1. The van der Waals surface area contributed by atoms with E-state index in [1.165, 1.54) is 23.8 Å². The summed E-state index contributed by atoms with van der Waals surface area (Å²) in [5, 5.41) is 14.5. The fourth-order valence-electron chi connectivity index (χ4n) is 2.46. The van der Waals surface area contributed by atoms with E-state index in [0.717, 1.165) is 17.6 Å². The summed E-state index contributed by atoms with van der Waals surface area (Å²) < 4.78 is 5.76. The predicted octanol–water partition coefficient (Wildman–Crippen LogP) is 3.81. The van der Waals surface area contributed by atoms with Crippen LogP contribution in [0.2, 0.25) is 0 Å². The SMILES string of the molecule is O=C(O)c1ccncc1NCCCOc1ccc2ccccc2c1. The van der Waals surface area contributed by atoms with Gasteiger partial charge in [0.25, 0.3) is 0 Å². The highest BCUT2D eigenvalue weighted by Gasteiger charge is 2.08. The molecular weight excluding hydrogens is 304 g/mol. The van der Waals surface area contributed by atoms with Crippen molar-refractivity contribution in [2.24, 2.45) is 0 Å². The van der Waals surface area contributed by atoms with Gasteiger partial charge in [-0.25, -0.2) is 4.79 Å². The summed E-state index contributed by atoms with van der Waals surface area (Å²) in [5.74, 6) is -0.131. The molecule has 0 fully saturated rings. The third kappa shape index (κ3) is 3.81. The molecule has 0 spiro atoms.